The van der Waals surface area contributed by atoms with Crippen LogP contribution in [-0.2, 0) is 0 Å². The van der Waals surface area contributed by atoms with Crippen LogP contribution in [0.4, 0.5) is 0 Å². The van der Waals surface area contributed by atoms with Crippen molar-refractivity contribution >= 4 is 0 Å². The summed E-state index contributed by atoms with van der Waals surface area (Å²) < 4.78 is 0. The molecule has 0 spiro atoms. The second-order valence-electron chi connectivity index (χ2n) is 5.86. The van der Waals surface area contributed by atoms with Gasteiger partial charge in [-0.05, 0) is 25.2 Å². The first kappa shape index (κ1) is 17.7. The second kappa shape index (κ2) is 14.8. The van der Waals surface area contributed by atoms with Gasteiger partial charge in [0.2, 0.25) is 0 Å². The molecule has 1 atom stereocenters. The first-order valence-corrected chi connectivity index (χ1v) is 8.46. The molecule has 108 valence electrons. The fourth-order valence-electron chi connectivity index (χ4n) is 2.45. The van der Waals surface area contributed by atoms with Gasteiger partial charge >= 0.3 is 0 Å². The van der Waals surface area contributed by atoms with Crippen LogP contribution in [0.25, 0.3) is 0 Å². The quantitative estimate of drug-likeness (QED) is 0.247. The highest BCUT2D eigenvalue weighted by Gasteiger charge is 1.96. The monoisotopic (exact) mass is 252 g/mol. The number of allylic oxidation sites excluding steroid dienone is 2. The molecule has 0 amide bonds. The average Bonchev–Trinajstić information content (AvgIpc) is 2.36. The van der Waals surface area contributed by atoms with Gasteiger partial charge in [0.05, 0.1) is 0 Å². The van der Waals surface area contributed by atoms with E-state index in [9.17, 15) is 0 Å². The van der Waals surface area contributed by atoms with Crippen LogP contribution in [0.2, 0.25) is 0 Å². The van der Waals surface area contributed by atoms with E-state index in [-0.39, 0.29) is 0 Å². The fraction of sp³-hybridized carbons (Fsp3) is 0.889. The van der Waals surface area contributed by atoms with Crippen LogP contribution in [0.1, 0.15) is 97.8 Å². The van der Waals surface area contributed by atoms with Crippen LogP contribution >= 0.6 is 0 Å². The molecule has 0 aliphatic carbocycles. The maximum absolute atomic E-state index is 2.41. The molecule has 0 nitrogen and oxygen atoms in total. The predicted molar refractivity (Wildman–Crippen MR) is 85.1 cm³/mol. The SMILES string of the molecule is CCCCCCCCCC/C=C/CC(C)CCC. The number of rotatable bonds is 13. The second-order valence-corrected chi connectivity index (χ2v) is 5.86. The van der Waals surface area contributed by atoms with Crippen molar-refractivity contribution in [2.24, 2.45) is 5.92 Å². The molecule has 1 unspecified atom stereocenters. The molecule has 0 fully saturated rings. The lowest BCUT2D eigenvalue weighted by molar-refractivity contribution is 0.531. The number of unbranched alkanes of at least 4 members (excludes halogenated alkanes) is 8. The van der Waals surface area contributed by atoms with Gasteiger partial charge in [0.15, 0.2) is 0 Å². The van der Waals surface area contributed by atoms with E-state index in [1.54, 1.807) is 0 Å². The molecule has 0 radical (unpaired) electrons. The first-order chi connectivity index (χ1) is 8.81. The van der Waals surface area contributed by atoms with Crippen molar-refractivity contribution in [3.63, 3.8) is 0 Å². The summed E-state index contributed by atoms with van der Waals surface area (Å²) in [6, 6.07) is 0. The Morgan fingerprint density at radius 3 is 1.94 bits per heavy atom. The van der Waals surface area contributed by atoms with Gasteiger partial charge in [-0.25, -0.2) is 0 Å². The predicted octanol–water partition coefficient (Wildman–Crippen LogP) is 6.90. The van der Waals surface area contributed by atoms with Crippen LogP contribution in [0, 0.1) is 5.92 Å². The third kappa shape index (κ3) is 13.8. The largest absolute Gasteiger partial charge is 0.0885 e. The molecule has 0 N–H and O–H groups in total. The lowest BCUT2D eigenvalue weighted by Gasteiger charge is -2.05. The highest BCUT2D eigenvalue weighted by atomic mass is 14.0. The third-order valence-corrected chi connectivity index (χ3v) is 3.71. The molecule has 18 heavy (non-hydrogen) atoms. The Balaban J connectivity index is 3.12. The van der Waals surface area contributed by atoms with E-state index in [0.717, 1.165) is 5.92 Å². The molecule has 0 aliphatic rings. The minimum atomic E-state index is 0.879. The first-order valence-electron chi connectivity index (χ1n) is 8.46. The molecule has 0 rings (SSSR count). The summed E-state index contributed by atoms with van der Waals surface area (Å²) in [5.41, 5.74) is 0. The molecule has 0 heteroatoms. The van der Waals surface area contributed by atoms with Gasteiger partial charge in [0, 0.05) is 0 Å². The van der Waals surface area contributed by atoms with Gasteiger partial charge in [0.1, 0.15) is 0 Å². The van der Waals surface area contributed by atoms with Crippen molar-refractivity contribution in [2.75, 3.05) is 0 Å². The van der Waals surface area contributed by atoms with E-state index in [4.69, 9.17) is 0 Å². The Morgan fingerprint density at radius 2 is 1.33 bits per heavy atom. The zero-order chi connectivity index (χ0) is 13.5. The summed E-state index contributed by atoms with van der Waals surface area (Å²) in [5.74, 6) is 0.879. The molecular weight excluding hydrogens is 216 g/mol. The van der Waals surface area contributed by atoms with E-state index in [1.807, 2.05) is 0 Å². The highest BCUT2D eigenvalue weighted by Crippen LogP contribution is 2.12. The van der Waals surface area contributed by atoms with Gasteiger partial charge < -0.3 is 0 Å². The lowest BCUT2D eigenvalue weighted by Crippen LogP contribution is -1.90. The molecule has 0 heterocycles. The van der Waals surface area contributed by atoms with Crippen molar-refractivity contribution < 1.29 is 0 Å². The summed E-state index contributed by atoms with van der Waals surface area (Å²) in [6.07, 6.45) is 21.5. The van der Waals surface area contributed by atoms with Gasteiger partial charge in [-0.3, -0.25) is 0 Å². The maximum atomic E-state index is 2.41. The van der Waals surface area contributed by atoms with Crippen molar-refractivity contribution in [1.82, 2.24) is 0 Å². The fourth-order valence-corrected chi connectivity index (χ4v) is 2.45. The van der Waals surface area contributed by atoms with Crippen LogP contribution in [-0.4, -0.2) is 0 Å². The third-order valence-electron chi connectivity index (χ3n) is 3.71. The Hall–Kier alpha value is -0.260. The Bertz CT molecular complexity index is 169. The summed E-state index contributed by atoms with van der Waals surface area (Å²) in [7, 11) is 0. The van der Waals surface area contributed by atoms with Crippen LogP contribution in [0.5, 0.6) is 0 Å². The van der Waals surface area contributed by atoms with E-state index in [0.29, 0.717) is 0 Å². The average molecular weight is 252 g/mol. The summed E-state index contributed by atoms with van der Waals surface area (Å²) in [6.45, 7) is 6.93. The van der Waals surface area contributed by atoms with Crippen LogP contribution in [0.3, 0.4) is 0 Å². The van der Waals surface area contributed by atoms with E-state index < -0.39 is 0 Å². The molecule has 0 aromatic rings. The summed E-state index contributed by atoms with van der Waals surface area (Å²) >= 11 is 0. The highest BCUT2D eigenvalue weighted by molar-refractivity contribution is 4.83. The Morgan fingerprint density at radius 1 is 0.722 bits per heavy atom. The van der Waals surface area contributed by atoms with E-state index >= 15 is 0 Å². The smallest absolute Gasteiger partial charge is 0.0325 e. The normalized spacial score (nSPS) is 13.3. The maximum Gasteiger partial charge on any atom is -0.0325 e. The molecule has 0 aromatic heterocycles. The molecule has 0 saturated heterocycles. The van der Waals surface area contributed by atoms with Crippen LogP contribution in [0.15, 0.2) is 12.2 Å². The number of hydrogen-bond acceptors (Lipinski definition) is 0. The molecule has 0 aromatic carbocycles. The molecule has 0 saturated carbocycles. The van der Waals surface area contributed by atoms with Gasteiger partial charge in [-0.15, -0.1) is 0 Å². The number of hydrogen-bond donors (Lipinski definition) is 0. The topological polar surface area (TPSA) is 0 Å². The van der Waals surface area contributed by atoms with E-state index in [1.165, 1.54) is 77.0 Å². The van der Waals surface area contributed by atoms with Crippen molar-refractivity contribution in [1.29, 1.82) is 0 Å². The zero-order valence-corrected chi connectivity index (χ0v) is 13.2. The summed E-state index contributed by atoms with van der Waals surface area (Å²) in [4.78, 5) is 0. The van der Waals surface area contributed by atoms with Crippen LogP contribution < -0.4 is 0 Å². The van der Waals surface area contributed by atoms with Crippen molar-refractivity contribution in [3.8, 4) is 0 Å². The molecular formula is C18H36. The molecule has 0 aliphatic heterocycles. The van der Waals surface area contributed by atoms with Crippen molar-refractivity contribution in [2.45, 2.75) is 97.8 Å². The lowest BCUT2D eigenvalue weighted by atomic mass is 10.0. The Labute approximate surface area is 116 Å². The van der Waals surface area contributed by atoms with Gasteiger partial charge in [0.25, 0.3) is 0 Å². The zero-order valence-electron chi connectivity index (χ0n) is 13.2. The minimum Gasteiger partial charge on any atom is -0.0885 e. The van der Waals surface area contributed by atoms with Crippen molar-refractivity contribution in [3.05, 3.63) is 12.2 Å². The summed E-state index contributed by atoms with van der Waals surface area (Å²) in [5, 5.41) is 0. The van der Waals surface area contributed by atoms with Gasteiger partial charge in [-0.1, -0.05) is 90.7 Å². The Kier molecular flexibility index (Phi) is 14.6. The van der Waals surface area contributed by atoms with E-state index in [2.05, 4.69) is 32.9 Å². The molecule has 0 bridgehead atoms. The van der Waals surface area contributed by atoms with Gasteiger partial charge in [-0.2, -0.15) is 0 Å². The standard InChI is InChI=1S/C18H36/c1-4-6-7-8-9-10-11-12-13-14-15-17-18(3)16-5-2/h14-15,18H,4-13,16-17H2,1-3H3/b15-14+. The minimum absolute atomic E-state index is 0.879.